The number of nitrogens with one attached hydrogen (secondary N) is 1. The molecule has 0 atom stereocenters. The van der Waals surface area contributed by atoms with Gasteiger partial charge < -0.3 is 14.8 Å². The Bertz CT molecular complexity index is 668. The molecular formula is C22H31N3O2. The van der Waals surface area contributed by atoms with Crippen molar-refractivity contribution in [2.24, 2.45) is 23.2 Å². The van der Waals surface area contributed by atoms with Gasteiger partial charge in [0.1, 0.15) is 0 Å². The maximum atomic E-state index is 13.0. The number of amides is 2. The topological polar surface area (TPSA) is 54.3 Å². The Kier molecular flexibility index (Phi) is 4.29. The zero-order chi connectivity index (χ0) is 18.4. The fraction of sp³-hybridized carbons (Fsp3) is 0.727. The van der Waals surface area contributed by atoms with E-state index in [0.717, 1.165) is 62.9 Å². The Morgan fingerprint density at radius 1 is 0.926 bits per heavy atom. The number of nitrogens with zero attached hydrogens (tertiary/aromatic N) is 2. The molecule has 5 nitrogen and oxygen atoms in total. The van der Waals surface area contributed by atoms with Crippen molar-refractivity contribution >= 4 is 11.8 Å². The lowest BCUT2D eigenvalue weighted by Crippen LogP contribution is -2.55. The van der Waals surface area contributed by atoms with Crippen molar-refractivity contribution in [2.45, 2.75) is 57.4 Å². The minimum absolute atomic E-state index is 0.0824. The number of carbonyl (C=O) groups is 2. The third-order valence-electron chi connectivity index (χ3n) is 7.79. The molecule has 4 bridgehead atoms. The van der Waals surface area contributed by atoms with Crippen LogP contribution in [0.4, 0.5) is 0 Å². The standard InChI is InChI=1S/C22H31N3O2/c26-20(25-7-3-19(4-8-25)24-5-1-2-6-24)15-23-21(27)22-12-16-9-17(13-22)11-18(10-16)14-22/h1-2,5-6,16-19H,3-4,7-15H2,(H,23,27). The van der Waals surface area contributed by atoms with E-state index in [1.807, 2.05) is 4.90 Å². The molecule has 0 spiro atoms. The van der Waals surface area contributed by atoms with Gasteiger partial charge in [0.25, 0.3) is 0 Å². The zero-order valence-corrected chi connectivity index (χ0v) is 16.1. The summed E-state index contributed by atoms with van der Waals surface area (Å²) in [5.41, 5.74) is -0.156. The number of aromatic nitrogens is 1. The Morgan fingerprint density at radius 3 is 2.04 bits per heavy atom. The van der Waals surface area contributed by atoms with Crippen LogP contribution in [0.15, 0.2) is 24.5 Å². The molecule has 146 valence electrons. The smallest absolute Gasteiger partial charge is 0.241 e. The molecule has 1 aliphatic heterocycles. The van der Waals surface area contributed by atoms with Gasteiger partial charge in [-0.1, -0.05) is 0 Å². The van der Waals surface area contributed by atoms with E-state index in [9.17, 15) is 9.59 Å². The van der Waals surface area contributed by atoms with Crippen LogP contribution in [-0.4, -0.2) is 40.9 Å². The monoisotopic (exact) mass is 369 g/mol. The minimum atomic E-state index is -0.156. The number of rotatable bonds is 4. The highest BCUT2D eigenvalue weighted by molar-refractivity contribution is 5.88. The van der Waals surface area contributed by atoms with E-state index in [-0.39, 0.29) is 23.8 Å². The quantitative estimate of drug-likeness (QED) is 0.887. The molecule has 0 aromatic carbocycles. The first-order valence-electron chi connectivity index (χ1n) is 10.8. The first-order chi connectivity index (χ1) is 13.1. The van der Waals surface area contributed by atoms with Crippen LogP contribution in [0.3, 0.4) is 0 Å². The van der Waals surface area contributed by atoms with Crippen LogP contribution in [0, 0.1) is 23.2 Å². The summed E-state index contributed by atoms with van der Waals surface area (Å²) in [6.07, 6.45) is 13.4. The van der Waals surface area contributed by atoms with Crippen LogP contribution in [-0.2, 0) is 9.59 Å². The Balaban J connectivity index is 1.13. The first-order valence-corrected chi connectivity index (χ1v) is 10.8. The molecule has 6 rings (SSSR count). The summed E-state index contributed by atoms with van der Waals surface area (Å²) >= 11 is 0. The van der Waals surface area contributed by atoms with Crippen molar-refractivity contribution in [1.82, 2.24) is 14.8 Å². The van der Waals surface area contributed by atoms with E-state index >= 15 is 0 Å². The van der Waals surface area contributed by atoms with Crippen LogP contribution in [0.5, 0.6) is 0 Å². The summed E-state index contributed by atoms with van der Waals surface area (Å²) in [5, 5.41) is 3.04. The minimum Gasteiger partial charge on any atom is -0.351 e. The lowest BCUT2D eigenvalue weighted by atomic mass is 9.49. The molecule has 27 heavy (non-hydrogen) atoms. The average molecular weight is 370 g/mol. The molecule has 4 aliphatic carbocycles. The van der Waals surface area contributed by atoms with Gasteiger partial charge in [-0.05, 0) is 81.3 Å². The lowest BCUT2D eigenvalue weighted by Gasteiger charge is -2.55. The molecule has 5 heteroatoms. The summed E-state index contributed by atoms with van der Waals surface area (Å²) in [6, 6.07) is 4.60. The van der Waals surface area contributed by atoms with Crippen LogP contribution in [0.1, 0.15) is 57.4 Å². The van der Waals surface area contributed by atoms with Crippen molar-refractivity contribution in [3.05, 3.63) is 24.5 Å². The SMILES string of the molecule is O=C(CNC(=O)C12CC3CC(CC(C3)C1)C2)N1CCC(n2cccc2)CC1. The van der Waals surface area contributed by atoms with Crippen LogP contribution in [0.2, 0.25) is 0 Å². The summed E-state index contributed by atoms with van der Waals surface area (Å²) in [7, 11) is 0. The van der Waals surface area contributed by atoms with Gasteiger partial charge in [-0.2, -0.15) is 0 Å². The fourth-order valence-corrected chi connectivity index (χ4v) is 6.85. The number of carbonyl (C=O) groups excluding carboxylic acids is 2. The van der Waals surface area contributed by atoms with Gasteiger partial charge in [-0.15, -0.1) is 0 Å². The van der Waals surface area contributed by atoms with E-state index in [1.165, 1.54) is 19.3 Å². The molecule has 0 radical (unpaired) electrons. The van der Waals surface area contributed by atoms with Crippen LogP contribution >= 0.6 is 0 Å². The molecule has 1 N–H and O–H groups in total. The highest BCUT2D eigenvalue weighted by Crippen LogP contribution is 2.60. The highest BCUT2D eigenvalue weighted by Gasteiger charge is 2.54. The zero-order valence-electron chi connectivity index (χ0n) is 16.1. The molecule has 2 heterocycles. The van der Waals surface area contributed by atoms with Crippen molar-refractivity contribution in [3.63, 3.8) is 0 Å². The molecule has 2 amide bonds. The predicted molar refractivity (Wildman–Crippen MR) is 103 cm³/mol. The van der Waals surface area contributed by atoms with E-state index in [1.54, 1.807) is 0 Å². The molecule has 5 aliphatic rings. The summed E-state index contributed by atoms with van der Waals surface area (Å²) in [4.78, 5) is 27.6. The third kappa shape index (κ3) is 3.19. The highest BCUT2D eigenvalue weighted by atomic mass is 16.2. The maximum Gasteiger partial charge on any atom is 0.241 e. The number of likely N-dealkylation sites (tertiary alicyclic amines) is 1. The molecule has 1 saturated heterocycles. The van der Waals surface area contributed by atoms with Crippen molar-refractivity contribution in [1.29, 1.82) is 0 Å². The second-order valence-corrected chi connectivity index (χ2v) is 9.62. The molecule has 1 aromatic rings. The molecular weight excluding hydrogens is 338 g/mol. The normalized spacial score (nSPS) is 35.4. The first kappa shape index (κ1) is 17.3. The maximum absolute atomic E-state index is 13.0. The lowest BCUT2D eigenvalue weighted by molar-refractivity contribution is -0.148. The van der Waals surface area contributed by atoms with Crippen LogP contribution in [0.25, 0.3) is 0 Å². The average Bonchev–Trinajstić information content (AvgIpc) is 3.19. The number of piperidine rings is 1. The van der Waals surface area contributed by atoms with Gasteiger partial charge >= 0.3 is 0 Å². The molecule has 5 fully saturated rings. The van der Waals surface area contributed by atoms with Gasteiger partial charge in [0.15, 0.2) is 0 Å². The molecule has 1 aromatic heterocycles. The Labute approximate surface area is 161 Å². The second kappa shape index (κ2) is 6.68. The number of hydrogen-bond donors (Lipinski definition) is 1. The fourth-order valence-electron chi connectivity index (χ4n) is 6.85. The Hall–Kier alpha value is -1.78. The summed E-state index contributed by atoms with van der Waals surface area (Å²) in [6.45, 7) is 1.75. The predicted octanol–water partition coefficient (Wildman–Crippen LogP) is 2.98. The van der Waals surface area contributed by atoms with E-state index in [4.69, 9.17) is 0 Å². The third-order valence-corrected chi connectivity index (χ3v) is 7.79. The van der Waals surface area contributed by atoms with E-state index in [2.05, 4.69) is 34.4 Å². The van der Waals surface area contributed by atoms with Crippen molar-refractivity contribution in [2.75, 3.05) is 19.6 Å². The van der Waals surface area contributed by atoms with Gasteiger partial charge in [0, 0.05) is 36.9 Å². The van der Waals surface area contributed by atoms with Crippen molar-refractivity contribution < 1.29 is 9.59 Å². The summed E-state index contributed by atoms with van der Waals surface area (Å²) < 4.78 is 2.25. The van der Waals surface area contributed by atoms with Crippen molar-refractivity contribution in [3.8, 4) is 0 Å². The van der Waals surface area contributed by atoms with Gasteiger partial charge in [-0.3, -0.25) is 9.59 Å². The van der Waals surface area contributed by atoms with E-state index in [0.29, 0.717) is 6.04 Å². The number of hydrogen-bond acceptors (Lipinski definition) is 2. The largest absolute Gasteiger partial charge is 0.351 e. The van der Waals surface area contributed by atoms with Gasteiger partial charge in [0.2, 0.25) is 11.8 Å². The molecule has 4 saturated carbocycles. The summed E-state index contributed by atoms with van der Waals surface area (Å²) in [5.74, 6) is 2.51. The van der Waals surface area contributed by atoms with Gasteiger partial charge in [0.05, 0.1) is 6.54 Å². The van der Waals surface area contributed by atoms with Gasteiger partial charge in [-0.25, -0.2) is 0 Å². The second-order valence-electron chi connectivity index (χ2n) is 9.62. The molecule has 0 unspecified atom stereocenters. The Morgan fingerprint density at radius 2 is 1.48 bits per heavy atom. The van der Waals surface area contributed by atoms with Crippen LogP contribution < -0.4 is 5.32 Å². The van der Waals surface area contributed by atoms with E-state index < -0.39 is 0 Å².